The molecule has 0 aliphatic carbocycles. The lowest BCUT2D eigenvalue weighted by Crippen LogP contribution is -2.15. The molecule has 2 heterocycles. The van der Waals surface area contributed by atoms with E-state index in [1.807, 2.05) is 29.7 Å². The molecule has 3 rings (SSSR count). The smallest absolute Gasteiger partial charge is 0.180 e. The first-order chi connectivity index (χ1) is 9.22. The monoisotopic (exact) mass is 338 g/mol. The van der Waals surface area contributed by atoms with Gasteiger partial charge in [-0.2, -0.15) is 0 Å². The van der Waals surface area contributed by atoms with Crippen molar-refractivity contribution in [1.82, 2.24) is 4.98 Å². The molecule has 6 heteroatoms. The van der Waals surface area contributed by atoms with Crippen molar-refractivity contribution in [2.45, 2.75) is 0 Å². The molecule has 1 aliphatic heterocycles. The number of nitrogens with zero attached hydrogens (tertiary/aromatic N) is 1. The van der Waals surface area contributed by atoms with Gasteiger partial charge in [-0.1, -0.05) is 22.0 Å². The first kappa shape index (κ1) is 12.5. The highest BCUT2D eigenvalue weighted by Gasteiger charge is 2.13. The van der Waals surface area contributed by atoms with Crippen molar-refractivity contribution in [1.29, 1.82) is 0 Å². The molecule has 0 spiro atoms. The number of thiazole rings is 1. The van der Waals surface area contributed by atoms with E-state index in [2.05, 4.69) is 20.9 Å². The van der Waals surface area contributed by atoms with Crippen LogP contribution in [0.4, 0.5) is 5.13 Å². The highest BCUT2D eigenvalue weighted by atomic mass is 79.9. The number of anilines is 1. The molecule has 0 fully saturated rings. The summed E-state index contributed by atoms with van der Waals surface area (Å²) in [6, 6.07) is 3.87. The third-order valence-corrected chi connectivity index (χ3v) is 4.01. The van der Waals surface area contributed by atoms with E-state index in [-0.39, 0.29) is 0 Å². The lowest BCUT2D eigenvalue weighted by molar-refractivity contribution is 0.171. The molecule has 0 unspecified atom stereocenters. The second-order valence-electron chi connectivity index (χ2n) is 3.96. The molecule has 0 atom stereocenters. The topological polar surface area (TPSA) is 57.4 Å². The van der Waals surface area contributed by atoms with E-state index in [1.165, 1.54) is 11.3 Å². The maximum Gasteiger partial charge on any atom is 0.180 e. The molecule has 0 amide bonds. The van der Waals surface area contributed by atoms with Crippen LogP contribution in [0.15, 0.2) is 22.0 Å². The van der Waals surface area contributed by atoms with Gasteiger partial charge in [-0.05, 0) is 23.8 Å². The average molecular weight is 339 g/mol. The number of ether oxygens (including phenoxy) is 2. The zero-order valence-electron chi connectivity index (χ0n) is 9.93. The molecule has 2 N–H and O–H groups in total. The summed E-state index contributed by atoms with van der Waals surface area (Å²) in [6.45, 7) is 1.17. The number of rotatable bonds is 2. The minimum atomic E-state index is 0.570. The van der Waals surface area contributed by atoms with Crippen molar-refractivity contribution in [2.24, 2.45) is 0 Å². The molecule has 98 valence electrons. The molecule has 4 nitrogen and oxygen atoms in total. The summed E-state index contributed by atoms with van der Waals surface area (Å²) >= 11 is 4.95. The summed E-state index contributed by atoms with van der Waals surface area (Å²) in [7, 11) is 0. The second-order valence-corrected chi connectivity index (χ2v) is 5.71. The maximum absolute atomic E-state index is 5.60. The molecule has 1 aliphatic rings. The standard InChI is InChI=1S/C13H11BrN2O2S/c14-10-6-12-11(17-3-4-18-12)5-8(10)1-2-9-7-19-13(15)16-9/h1-2,5-7H,3-4H2,(H2,15,16). The van der Waals surface area contributed by atoms with Gasteiger partial charge in [0.15, 0.2) is 16.6 Å². The number of aromatic nitrogens is 1. The van der Waals surface area contributed by atoms with Crippen molar-refractivity contribution in [3.63, 3.8) is 0 Å². The SMILES string of the molecule is Nc1nc(C=Cc2cc3c(cc2Br)OCCO3)cs1. The molecule has 0 radical (unpaired) electrons. The Kier molecular flexibility index (Phi) is 3.44. The van der Waals surface area contributed by atoms with Crippen molar-refractivity contribution < 1.29 is 9.47 Å². The summed E-state index contributed by atoms with van der Waals surface area (Å²) in [5.74, 6) is 1.54. The fraction of sp³-hybridized carbons (Fsp3) is 0.154. The van der Waals surface area contributed by atoms with Gasteiger partial charge in [-0.25, -0.2) is 4.98 Å². The first-order valence-electron chi connectivity index (χ1n) is 5.70. The Morgan fingerprint density at radius 2 is 1.95 bits per heavy atom. The van der Waals surface area contributed by atoms with Gasteiger partial charge in [0.1, 0.15) is 13.2 Å². The Morgan fingerprint density at radius 3 is 2.63 bits per heavy atom. The van der Waals surface area contributed by atoms with Crippen LogP contribution >= 0.6 is 27.3 Å². The quantitative estimate of drug-likeness (QED) is 0.911. The predicted molar refractivity (Wildman–Crippen MR) is 80.6 cm³/mol. The van der Waals surface area contributed by atoms with Gasteiger partial charge in [0.2, 0.25) is 0 Å². The van der Waals surface area contributed by atoms with E-state index in [0.29, 0.717) is 18.3 Å². The first-order valence-corrected chi connectivity index (χ1v) is 7.38. The zero-order valence-corrected chi connectivity index (χ0v) is 12.3. The molecule has 19 heavy (non-hydrogen) atoms. The highest BCUT2D eigenvalue weighted by molar-refractivity contribution is 9.10. The second kappa shape index (κ2) is 5.22. The van der Waals surface area contributed by atoms with Crippen molar-refractivity contribution in [3.05, 3.63) is 33.2 Å². The van der Waals surface area contributed by atoms with E-state index < -0.39 is 0 Å². The van der Waals surface area contributed by atoms with Crippen molar-refractivity contribution in [2.75, 3.05) is 18.9 Å². The molecule has 1 aromatic carbocycles. The van der Waals surface area contributed by atoms with E-state index >= 15 is 0 Å². The third kappa shape index (κ3) is 2.74. The number of benzene rings is 1. The summed E-state index contributed by atoms with van der Waals surface area (Å²) in [4.78, 5) is 4.18. The Hall–Kier alpha value is -1.53. The van der Waals surface area contributed by atoms with Gasteiger partial charge in [-0.3, -0.25) is 0 Å². The fourth-order valence-electron chi connectivity index (χ4n) is 1.76. The van der Waals surface area contributed by atoms with Crippen LogP contribution in [-0.4, -0.2) is 18.2 Å². The van der Waals surface area contributed by atoms with E-state index in [4.69, 9.17) is 15.2 Å². The predicted octanol–water partition coefficient (Wildman–Crippen LogP) is 3.43. The average Bonchev–Trinajstić information content (AvgIpc) is 2.82. The van der Waals surface area contributed by atoms with Gasteiger partial charge < -0.3 is 15.2 Å². The zero-order chi connectivity index (χ0) is 13.2. The van der Waals surface area contributed by atoms with Crippen LogP contribution in [0.3, 0.4) is 0 Å². The number of nitrogen functional groups attached to an aromatic ring is 1. The van der Waals surface area contributed by atoms with Crippen LogP contribution in [0.25, 0.3) is 12.2 Å². The van der Waals surface area contributed by atoms with Crippen molar-refractivity contribution >= 4 is 44.6 Å². The largest absolute Gasteiger partial charge is 0.486 e. The number of hydrogen-bond acceptors (Lipinski definition) is 5. The molecule has 0 bridgehead atoms. The van der Waals surface area contributed by atoms with Crippen molar-refractivity contribution in [3.8, 4) is 11.5 Å². The molecular formula is C13H11BrN2O2S. The number of hydrogen-bond donors (Lipinski definition) is 1. The van der Waals surface area contributed by atoms with Crippen LogP contribution in [-0.2, 0) is 0 Å². The fourth-order valence-corrected chi connectivity index (χ4v) is 2.75. The molecular weight excluding hydrogens is 328 g/mol. The summed E-state index contributed by atoms with van der Waals surface area (Å²) < 4.78 is 12.0. The van der Waals surface area contributed by atoms with Gasteiger partial charge >= 0.3 is 0 Å². The Morgan fingerprint density at radius 1 is 1.21 bits per heavy atom. The lowest BCUT2D eigenvalue weighted by Gasteiger charge is -2.19. The van der Waals surface area contributed by atoms with E-state index in [1.54, 1.807) is 0 Å². The molecule has 0 saturated carbocycles. The van der Waals surface area contributed by atoms with Crippen LogP contribution in [0.5, 0.6) is 11.5 Å². The van der Waals surface area contributed by atoms with Gasteiger partial charge in [0, 0.05) is 9.85 Å². The molecule has 0 saturated heterocycles. The molecule has 2 aromatic rings. The maximum atomic E-state index is 5.60. The third-order valence-electron chi connectivity index (χ3n) is 2.63. The van der Waals surface area contributed by atoms with Gasteiger partial charge in [-0.15, -0.1) is 11.3 Å². The highest BCUT2D eigenvalue weighted by Crippen LogP contribution is 2.36. The van der Waals surface area contributed by atoms with Gasteiger partial charge in [0.05, 0.1) is 5.69 Å². The Labute approximate surface area is 123 Å². The lowest BCUT2D eigenvalue weighted by atomic mass is 10.1. The number of nitrogens with two attached hydrogens (primary N) is 1. The number of fused-ring (bicyclic) bond motifs is 1. The summed E-state index contributed by atoms with van der Waals surface area (Å²) in [6.07, 6.45) is 3.89. The van der Waals surface area contributed by atoms with Crippen LogP contribution < -0.4 is 15.2 Å². The van der Waals surface area contributed by atoms with Gasteiger partial charge in [0.25, 0.3) is 0 Å². The van der Waals surface area contributed by atoms with Crippen LogP contribution in [0.2, 0.25) is 0 Å². The van der Waals surface area contributed by atoms with Crippen LogP contribution in [0.1, 0.15) is 11.3 Å². The Balaban J connectivity index is 1.90. The van der Waals surface area contributed by atoms with E-state index in [0.717, 1.165) is 27.2 Å². The number of halogens is 1. The Bertz CT molecular complexity index is 640. The van der Waals surface area contributed by atoms with E-state index in [9.17, 15) is 0 Å². The normalized spacial score (nSPS) is 13.9. The van der Waals surface area contributed by atoms with Crippen LogP contribution in [0, 0.1) is 0 Å². The summed E-state index contributed by atoms with van der Waals surface area (Å²) in [5, 5.41) is 2.48. The minimum Gasteiger partial charge on any atom is -0.486 e. The summed E-state index contributed by atoms with van der Waals surface area (Å²) in [5.41, 5.74) is 7.46. The minimum absolute atomic E-state index is 0.570. The molecule has 1 aromatic heterocycles.